The number of nitrogens with zero attached hydrogens (tertiary/aromatic N) is 7. The Balaban J connectivity index is 1.25. The first-order valence-electron chi connectivity index (χ1n) is 13.3. The van der Waals surface area contributed by atoms with Gasteiger partial charge in [-0.2, -0.15) is 5.10 Å². The number of urea groups is 1. The van der Waals surface area contributed by atoms with Crippen LogP contribution in [0.4, 0.5) is 22.1 Å². The summed E-state index contributed by atoms with van der Waals surface area (Å²) in [5.74, 6) is 1.21. The molecule has 2 aromatic rings. The van der Waals surface area contributed by atoms with E-state index in [1.807, 2.05) is 10.9 Å². The van der Waals surface area contributed by atoms with E-state index in [-0.39, 0.29) is 17.8 Å². The van der Waals surface area contributed by atoms with Crippen LogP contribution >= 0.6 is 0 Å². The molecule has 3 fully saturated rings. The number of amides is 3. The van der Waals surface area contributed by atoms with E-state index in [4.69, 9.17) is 10.7 Å². The molecule has 0 bridgehead atoms. The lowest BCUT2D eigenvalue weighted by atomic mass is 10.1. The van der Waals surface area contributed by atoms with Crippen LogP contribution in [0.1, 0.15) is 55.1 Å². The summed E-state index contributed by atoms with van der Waals surface area (Å²) in [6.07, 6.45) is 12.0. The highest BCUT2D eigenvalue weighted by molar-refractivity contribution is 5.96. The molecule has 5 rings (SSSR count). The first-order chi connectivity index (χ1) is 17.9. The number of anilines is 3. The number of hydrogen-bond donors (Lipinski definition) is 3. The van der Waals surface area contributed by atoms with Crippen LogP contribution < -0.4 is 21.3 Å². The Labute approximate surface area is 217 Å². The van der Waals surface area contributed by atoms with E-state index in [9.17, 15) is 9.59 Å². The summed E-state index contributed by atoms with van der Waals surface area (Å²) in [4.78, 5) is 39.4. The molecular weight excluding hydrogens is 472 g/mol. The molecule has 3 amide bonds. The lowest BCUT2D eigenvalue weighted by Gasteiger charge is -2.34. The third-order valence-electron chi connectivity index (χ3n) is 7.48. The van der Waals surface area contributed by atoms with Crippen molar-refractivity contribution in [3.05, 3.63) is 24.3 Å². The number of primary amides is 1. The number of nitrogens with two attached hydrogens (primary N) is 1. The monoisotopic (exact) mass is 510 g/mol. The Morgan fingerprint density at radius 2 is 1.89 bits per heavy atom. The van der Waals surface area contributed by atoms with Crippen molar-refractivity contribution in [1.29, 1.82) is 0 Å². The minimum Gasteiger partial charge on any atom is -0.364 e. The van der Waals surface area contributed by atoms with Crippen molar-refractivity contribution in [3.63, 3.8) is 0 Å². The zero-order valence-electron chi connectivity index (χ0n) is 21.8. The second-order valence-corrected chi connectivity index (χ2v) is 10.7. The van der Waals surface area contributed by atoms with Crippen LogP contribution in [-0.4, -0.2) is 94.3 Å². The molecule has 12 nitrogen and oxygen atoms in total. The largest absolute Gasteiger partial charge is 0.364 e. The summed E-state index contributed by atoms with van der Waals surface area (Å²) >= 11 is 0. The number of likely N-dealkylation sites (tertiary alicyclic amines) is 1. The third kappa shape index (κ3) is 6.30. The molecule has 4 heterocycles. The number of carbonyl (C=O) groups is 2. The molecular formula is C25H38N10O2. The van der Waals surface area contributed by atoms with Gasteiger partial charge in [-0.25, -0.2) is 14.8 Å². The summed E-state index contributed by atoms with van der Waals surface area (Å²) < 4.78 is 2.01. The van der Waals surface area contributed by atoms with Crippen LogP contribution in [-0.2, 0) is 0 Å². The summed E-state index contributed by atoms with van der Waals surface area (Å²) in [6, 6.07) is 0.253. The average molecular weight is 511 g/mol. The highest BCUT2D eigenvalue weighted by Crippen LogP contribution is 2.32. The molecule has 3 aliphatic rings. The number of aromatic nitrogens is 4. The van der Waals surface area contributed by atoms with Gasteiger partial charge in [0.1, 0.15) is 5.82 Å². The van der Waals surface area contributed by atoms with Gasteiger partial charge in [0.15, 0.2) is 11.5 Å². The Bertz CT molecular complexity index is 1110. The minimum absolute atomic E-state index is 0.00611. The number of nitrogens with one attached hydrogen (secondary N) is 2. The van der Waals surface area contributed by atoms with Crippen LogP contribution in [0.5, 0.6) is 0 Å². The zero-order valence-corrected chi connectivity index (χ0v) is 21.8. The number of carbonyl (C=O) groups excluding carboxylic acids is 2. The fraction of sp³-hybridized carbons (Fsp3) is 0.640. The molecule has 2 aliphatic heterocycles. The topological polar surface area (TPSA) is 138 Å². The van der Waals surface area contributed by atoms with Gasteiger partial charge in [0.25, 0.3) is 5.91 Å². The summed E-state index contributed by atoms with van der Waals surface area (Å²) in [6.45, 7) is 4.85. The van der Waals surface area contributed by atoms with Crippen LogP contribution in [0.25, 0.3) is 0 Å². The molecule has 0 unspecified atom stereocenters. The third-order valence-corrected chi connectivity index (χ3v) is 7.48. The van der Waals surface area contributed by atoms with Gasteiger partial charge >= 0.3 is 6.03 Å². The summed E-state index contributed by atoms with van der Waals surface area (Å²) in [5.41, 5.74) is 6.43. The van der Waals surface area contributed by atoms with Crippen molar-refractivity contribution in [1.82, 2.24) is 34.9 Å². The summed E-state index contributed by atoms with van der Waals surface area (Å²) in [5, 5.41) is 10.9. The fourth-order valence-electron chi connectivity index (χ4n) is 5.18. The van der Waals surface area contributed by atoms with Gasteiger partial charge in [0, 0.05) is 59.1 Å². The predicted molar refractivity (Wildman–Crippen MR) is 141 cm³/mol. The number of rotatable bonds is 8. The Kier molecular flexibility index (Phi) is 7.45. The quantitative estimate of drug-likeness (QED) is 0.489. The van der Waals surface area contributed by atoms with E-state index < -0.39 is 5.91 Å². The SMILES string of the molecule is CN(C)C(=O)N[C@@H]1CCCN(c2cnc(C(N)=O)c(Nc3cnn(C4CCN(CC5CC5)CC4)c3)n2)C1. The zero-order chi connectivity index (χ0) is 25.9. The molecule has 2 saturated heterocycles. The average Bonchev–Trinajstić information content (AvgIpc) is 3.58. The normalized spacial score (nSPS) is 21.0. The van der Waals surface area contributed by atoms with Gasteiger partial charge in [0.2, 0.25) is 0 Å². The Morgan fingerprint density at radius 3 is 2.59 bits per heavy atom. The molecule has 200 valence electrons. The van der Waals surface area contributed by atoms with E-state index in [0.717, 1.165) is 56.9 Å². The molecule has 0 radical (unpaired) electrons. The molecule has 2 aromatic heterocycles. The maximum Gasteiger partial charge on any atom is 0.317 e. The predicted octanol–water partition coefficient (Wildman–Crippen LogP) is 1.80. The highest BCUT2D eigenvalue weighted by atomic mass is 16.2. The second kappa shape index (κ2) is 10.9. The van der Waals surface area contributed by atoms with Crippen molar-refractivity contribution in [3.8, 4) is 0 Å². The fourth-order valence-corrected chi connectivity index (χ4v) is 5.18. The van der Waals surface area contributed by atoms with Crippen molar-refractivity contribution in [2.24, 2.45) is 11.7 Å². The minimum atomic E-state index is -0.647. The van der Waals surface area contributed by atoms with Crippen molar-refractivity contribution in [2.75, 3.05) is 57.0 Å². The van der Waals surface area contributed by atoms with Gasteiger partial charge < -0.3 is 31.1 Å². The van der Waals surface area contributed by atoms with Gasteiger partial charge in [-0.15, -0.1) is 0 Å². The molecule has 1 aliphatic carbocycles. The van der Waals surface area contributed by atoms with Crippen LogP contribution in [0.2, 0.25) is 0 Å². The molecule has 1 saturated carbocycles. The number of hydrogen-bond acceptors (Lipinski definition) is 8. The molecule has 0 spiro atoms. The standard InChI is InChI=1S/C25H38N10O2/c1-32(2)25(37)30-18-4-3-9-34(15-18)21-13-27-22(23(26)36)24(31-21)29-19-12-28-35(16-19)20-7-10-33(11-8-20)14-17-5-6-17/h12-13,16-18,20H,3-11,14-15H2,1-2H3,(H2,26,36)(H,29,31)(H,30,37)/t18-/m1/s1. The molecule has 0 aromatic carbocycles. The first-order valence-corrected chi connectivity index (χ1v) is 13.3. The van der Waals surface area contributed by atoms with Gasteiger partial charge in [0.05, 0.1) is 24.1 Å². The molecule has 12 heteroatoms. The van der Waals surface area contributed by atoms with Gasteiger partial charge in [-0.05, 0) is 44.4 Å². The molecule has 4 N–H and O–H groups in total. The van der Waals surface area contributed by atoms with Gasteiger partial charge in [-0.1, -0.05) is 0 Å². The maximum atomic E-state index is 12.1. The smallest absolute Gasteiger partial charge is 0.317 e. The van der Waals surface area contributed by atoms with Crippen LogP contribution in [0, 0.1) is 5.92 Å². The van der Waals surface area contributed by atoms with E-state index in [2.05, 4.69) is 30.5 Å². The first kappa shape index (κ1) is 25.2. The van der Waals surface area contributed by atoms with Crippen LogP contribution in [0.3, 0.4) is 0 Å². The molecule has 37 heavy (non-hydrogen) atoms. The van der Waals surface area contributed by atoms with E-state index in [1.54, 1.807) is 26.5 Å². The number of piperidine rings is 2. The van der Waals surface area contributed by atoms with Gasteiger partial charge in [-0.3, -0.25) is 9.48 Å². The summed E-state index contributed by atoms with van der Waals surface area (Å²) in [7, 11) is 3.45. The second-order valence-electron chi connectivity index (χ2n) is 10.7. The maximum absolute atomic E-state index is 12.1. The van der Waals surface area contributed by atoms with Crippen molar-refractivity contribution in [2.45, 2.75) is 50.6 Å². The van der Waals surface area contributed by atoms with E-state index in [1.165, 1.54) is 24.3 Å². The Hall–Kier alpha value is -3.41. The van der Waals surface area contributed by atoms with E-state index in [0.29, 0.717) is 24.2 Å². The van der Waals surface area contributed by atoms with E-state index >= 15 is 0 Å². The van der Waals surface area contributed by atoms with Crippen molar-refractivity contribution >= 4 is 29.3 Å². The highest BCUT2D eigenvalue weighted by Gasteiger charge is 2.28. The molecule has 1 atom stereocenters. The van der Waals surface area contributed by atoms with Crippen molar-refractivity contribution < 1.29 is 9.59 Å². The lowest BCUT2D eigenvalue weighted by molar-refractivity contribution is 0.0996. The Morgan fingerprint density at radius 1 is 1.11 bits per heavy atom. The van der Waals surface area contributed by atoms with Crippen LogP contribution in [0.15, 0.2) is 18.6 Å². The lowest BCUT2D eigenvalue weighted by Crippen LogP contribution is -2.50.